The van der Waals surface area contributed by atoms with E-state index in [4.69, 9.17) is 4.74 Å². The fourth-order valence-electron chi connectivity index (χ4n) is 5.06. The molecule has 4 heteroatoms. The summed E-state index contributed by atoms with van der Waals surface area (Å²) in [5.41, 5.74) is 5.94. The molecule has 1 N–H and O–H groups in total. The van der Waals surface area contributed by atoms with Gasteiger partial charge in [-0.15, -0.1) is 0 Å². The van der Waals surface area contributed by atoms with Crippen LogP contribution in [0.4, 0.5) is 5.69 Å². The Balaban J connectivity index is 1.35. The van der Waals surface area contributed by atoms with E-state index < -0.39 is 0 Å². The third-order valence-corrected chi connectivity index (χ3v) is 7.57. The van der Waals surface area contributed by atoms with Crippen LogP contribution in [0.1, 0.15) is 74.3 Å². The lowest BCUT2D eigenvalue weighted by molar-refractivity contribution is -0.118. The summed E-state index contributed by atoms with van der Waals surface area (Å²) in [5, 5.41) is 3.11. The number of ether oxygens (including phenoxy) is 1. The van der Waals surface area contributed by atoms with Crippen LogP contribution in [0, 0.1) is 12.8 Å². The summed E-state index contributed by atoms with van der Waals surface area (Å²) in [6, 6.07) is 25.7. The summed E-state index contributed by atoms with van der Waals surface area (Å²) in [5.74, 6) is 1.54. The number of piperidine rings is 1. The molecule has 196 valence electrons. The molecule has 1 aliphatic heterocycles. The van der Waals surface area contributed by atoms with Crippen molar-refractivity contribution in [2.75, 3.05) is 25.0 Å². The number of hydrogen-bond donors (Lipinski definition) is 1. The Labute approximate surface area is 223 Å². The molecular weight excluding hydrogens is 456 g/mol. The Morgan fingerprint density at radius 1 is 1.00 bits per heavy atom. The second-order valence-electron chi connectivity index (χ2n) is 10.6. The van der Waals surface area contributed by atoms with Crippen LogP contribution in [-0.4, -0.2) is 30.4 Å². The number of nitrogens with one attached hydrogen (secondary N) is 1. The van der Waals surface area contributed by atoms with Gasteiger partial charge in [0.15, 0.2) is 0 Å². The number of benzene rings is 3. The highest BCUT2D eigenvalue weighted by Gasteiger charge is 2.23. The van der Waals surface area contributed by atoms with Crippen LogP contribution in [0.3, 0.4) is 0 Å². The van der Waals surface area contributed by atoms with Crippen LogP contribution in [0.5, 0.6) is 5.75 Å². The molecule has 0 bridgehead atoms. The van der Waals surface area contributed by atoms with E-state index in [2.05, 4.69) is 96.9 Å². The average molecular weight is 499 g/mol. The Bertz CT molecular complexity index is 1150. The lowest BCUT2D eigenvalue weighted by Crippen LogP contribution is -2.34. The molecule has 3 aromatic carbocycles. The molecule has 1 heterocycles. The van der Waals surface area contributed by atoms with Gasteiger partial charge in [0.05, 0.1) is 0 Å². The van der Waals surface area contributed by atoms with E-state index >= 15 is 0 Å². The summed E-state index contributed by atoms with van der Waals surface area (Å²) in [6.07, 6.45) is 4.28. The number of anilines is 1. The van der Waals surface area contributed by atoms with Crippen LogP contribution in [-0.2, 0) is 11.2 Å². The maximum Gasteiger partial charge on any atom is 0.226 e. The SMILES string of the molecule is CCc1cccc(OC(CCN2CCC(c3ccc(C)c(NC(=O)C(C)C)c3)CC2)c2ccccc2)c1. The van der Waals surface area contributed by atoms with E-state index in [-0.39, 0.29) is 17.9 Å². The molecule has 1 unspecified atom stereocenters. The fraction of sp³-hybridized carbons (Fsp3) is 0.424. The highest BCUT2D eigenvalue weighted by atomic mass is 16.5. The monoisotopic (exact) mass is 498 g/mol. The summed E-state index contributed by atoms with van der Waals surface area (Å²) in [7, 11) is 0. The van der Waals surface area contributed by atoms with Crippen molar-refractivity contribution >= 4 is 11.6 Å². The molecule has 37 heavy (non-hydrogen) atoms. The zero-order chi connectivity index (χ0) is 26.2. The number of amides is 1. The topological polar surface area (TPSA) is 41.6 Å². The first kappa shape index (κ1) is 26.9. The summed E-state index contributed by atoms with van der Waals surface area (Å²) >= 11 is 0. The van der Waals surface area contributed by atoms with Gasteiger partial charge in [0, 0.05) is 24.6 Å². The van der Waals surface area contributed by atoms with Gasteiger partial charge in [-0.2, -0.15) is 0 Å². The summed E-state index contributed by atoms with van der Waals surface area (Å²) < 4.78 is 6.54. The molecule has 0 radical (unpaired) electrons. The van der Waals surface area contributed by atoms with Crippen LogP contribution in [0.15, 0.2) is 72.8 Å². The number of rotatable bonds is 10. The largest absolute Gasteiger partial charge is 0.486 e. The third kappa shape index (κ3) is 7.45. The van der Waals surface area contributed by atoms with Crippen LogP contribution >= 0.6 is 0 Å². The average Bonchev–Trinajstić information content (AvgIpc) is 2.93. The minimum Gasteiger partial charge on any atom is -0.486 e. The van der Waals surface area contributed by atoms with E-state index in [0.717, 1.165) is 62.3 Å². The van der Waals surface area contributed by atoms with Crippen molar-refractivity contribution in [2.45, 2.75) is 65.4 Å². The van der Waals surface area contributed by atoms with Gasteiger partial charge in [0.1, 0.15) is 11.9 Å². The molecule has 4 rings (SSSR count). The molecule has 4 nitrogen and oxygen atoms in total. The molecule has 0 spiro atoms. The number of likely N-dealkylation sites (tertiary alicyclic amines) is 1. The van der Waals surface area contributed by atoms with E-state index in [1.165, 1.54) is 16.7 Å². The minimum atomic E-state index is -0.0226. The van der Waals surface area contributed by atoms with Gasteiger partial charge >= 0.3 is 0 Å². The predicted molar refractivity (Wildman–Crippen MR) is 153 cm³/mol. The number of carbonyl (C=O) groups excluding carboxylic acids is 1. The van der Waals surface area contributed by atoms with E-state index in [9.17, 15) is 4.79 Å². The number of aryl methyl sites for hydroxylation is 2. The van der Waals surface area contributed by atoms with Gasteiger partial charge < -0.3 is 15.0 Å². The highest BCUT2D eigenvalue weighted by Crippen LogP contribution is 2.32. The normalized spacial score (nSPS) is 15.5. The first-order valence-corrected chi connectivity index (χ1v) is 13.9. The number of nitrogens with zero attached hydrogens (tertiary/aromatic N) is 1. The minimum absolute atomic E-state index is 0.0226. The van der Waals surface area contributed by atoms with Crippen molar-refractivity contribution in [3.8, 4) is 5.75 Å². The Kier molecular flexibility index (Phi) is 9.40. The molecule has 1 fully saturated rings. The lowest BCUT2D eigenvalue weighted by Gasteiger charge is -2.33. The van der Waals surface area contributed by atoms with Gasteiger partial charge in [-0.25, -0.2) is 0 Å². The molecule has 0 aliphatic carbocycles. The maximum atomic E-state index is 12.2. The zero-order valence-corrected chi connectivity index (χ0v) is 22.9. The van der Waals surface area contributed by atoms with Crippen LogP contribution < -0.4 is 10.1 Å². The van der Waals surface area contributed by atoms with Gasteiger partial charge in [-0.05, 0) is 85.6 Å². The smallest absolute Gasteiger partial charge is 0.226 e. The van der Waals surface area contributed by atoms with E-state index in [1.54, 1.807) is 0 Å². The van der Waals surface area contributed by atoms with Crippen LogP contribution in [0.25, 0.3) is 0 Å². The van der Waals surface area contributed by atoms with Crippen molar-refractivity contribution in [3.63, 3.8) is 0 Å². The first-order chi connectivity index (χ1) is 17.9. The van der Waals surface area contributed by atoms with Gasteiger partial charge in [0.25, 0.3) is 0 Å². The molecule has 0 saturated carbocycles. The zero-order valence-electron chi connectivity index (χ0n) is 22.9. The standard InChI is InChI=1S/C33H42N2O2/c1-5-26-10-9-13-30(22-26)37-32(28-11-7-6-8-12-28)18-21-35-19-16-27(17-20-35)29-15-14-25(4)31(23-29)34-33(36)24(2)3/h6-15,22-24,27,32H,5,16-21H2,1-4H3,(H,34,36). The maximum absolute atomic E-state index is 12.2. The summed E-state index contributed by atoms with van der Waals surface area (Å²) in [4.78, 5) is 14.8. The van der Waals surface area contributed by atoms with Crippen molar-refractivity contribution in [2.24, 2.45) is 5.92 Å². The third-order valence-electron chi connectivity index (χ3n) is 7.57. The quantitative estimate of drug-likeness (QED) is 0.314. The van der Waals surface area contributed by atoms with Gasteiger partial charge in [0.2, 0.25) is 5.91 Å². The molecule has 1 atom stereocenters. The van der Waals surface area contributed by atoms with Gasteiger partial charge in [-0.1, -0.05) is 75.4 Å². The highest BCUT2D eigenvalue weighted by molar-refractivity contribution is 5.92. The van der Waals surface area contributed by atoms with Crippen LogP contribution in [0.2, 0.25) is 0 Å². The molecule has 1 saturated heterocycles. The Morgan fingerprint density at radius 3 is 2.46 bits per heavy atom. The molecular formula is C33H42N2O2. The first-order valence-electron chi connectivity index (χ1n) is 13.9. The lowest BCUT2D eigenvalue weighted by atomic mass is 9.88. The fourth-order valence-corrected chi connectivity index (χ4v) is 5.06. The number of carbonyl (C=O) groups is 1. The van der Waals surface area contributed by atoms with Crippen molar-refractivity contribution in [1.29, 1.82) is 0 Å². The van der Waals surface area contributed by atoms with E-state index in [1.807, 2.05) is 13.8 Å². The molecule has 0 aromatic heterocycles. The Morgan fingerprint density at radius 2 is 1.76 bits per heavy atom. The Hall–Kier alpha value is -3.11. The second kappa shape index (κ2) is 12.9. The van der Waals surface area contributed by atoms with Gasteiger partial charge in [-0.3, -0.25) is 4.79 Å². The summed E-state index contributed by atoms with van der Waals surface area (Å²) in [6.45, 7) is 11.3. The predicted octanol–water partition coefficient (Wildman–Crippen LogP) is 7.54. The van der Waals surface area contributed by atoms with Crippen molar-refractivity contribution in [3.05, 3.63) is 95.1 Å². The van der Waals surface area contributed by atoms with E-state index in [0.29, 0.717) is 5.92 Å². The second-order valence-corrected chi connectivity index (χ2v) is 10.6. The molecule has 1 aliphatic rings. The van der Waals surface area contributed by atoms with Crippen molar-refractivity contribution in [1.82, 2.24) is 4.90 Å². The number of hydrogen-bond acceptors (Lipinski definition) is 3. The molecule has 1 amide bonds. The van der Waals surface area contributed by atoms with Crippen molar-refractivity contribution < 1.29 is 9.53 Å². The molecule has 3 aromatic rings.